The molecule has 0 atom stereocenters. The van der Waals surface area contributed by atoms with Crippen LogP contribution in [0, 0.1) is 0 Å². The second-order valence-corrected chi connectivity index (χ2v) is 2.75. The van der Waals surface area contributed by atoms with Gasteiger partial charge >= 0.3 is 0 Å². The summed E-state index contributed by atoms with van der Waals surface area (Å²) in [7, 11) is 0. The maximum atomic E-state index is 5.51. The number of aromatic nitrogens is 1. The first-order valence-corrected chi connectivity index (χ1v) is 4.69. The third kappa shape index (κ3) is 2.93. The highest BCUT2D eigenvalue weighted by Crippen LogP contribution is 2.21. The van der Waals surface area contributed by atoms with Gasteiger partial charge in [0.1, 0.15) is 0 Å². The Balaban J connectivity index is 2.66. The second kappa shape index (κ2) is 5.41. The maximum absolute atomic E-state index is 5.51. The molecule has 0 aromatic carbocycles. The minimum atomic E-state index is 0.740. The molecule has 13 heavy (non-hydrogen) atoms. The number of anilines is 1. The predicted molar refractivity (Wildman–Crippen MR) is 54.2 cm³/mol. The molecule has 0 saturated carbocycles. The van der Waals surface area contributed by atoms with Gasteiger partial charge in [-0.3, -0.25) is 4.98 Å². The molecule has 0 bridgehead atoms. The van der Waals surface area contributed by atoms with Gasteiger partial charge in [-0.2, -0.15) is 0 Å². The molecular formula is C10H16N2O. The van der Waals surface area contributed by atoms with Crippen molar-refractivity contribution in [1.82, 2.24) is 4.98 Å². The zero-order valence-corrected chi connectivity index (χ0v) is 8.21. The van der Waals surface area contributed by atoms with Crippen LogP contribution in [-0.2, 0) is 0 Å². The monoisotopic (exact) mass is 180 g/mol. The van der Waals surface area contributed by atoms with Gasteiger partial charge in [-0.25, -0.2) is 0 Å². The van der Waals surface area contributed by atoms with Gasteiger partial charge in [-0.05, 0) is 19.4 Å². The van der Waals surface area contributed by atoms with Crippen LogP contribution in [0.25, 0.3) is 0 Å². The number of pyridine rings is 1. The van der Waals surface area contributed by atoms with Crippen molar-refractivity contribution in [1.29, 1.82) is 0 Å². The van der Waals surface area contributed by atoms with Crippen LogP contribution in [0.4, 0.5) is 5.69 Å². The number of nitrogens with one attached hydrogen (secondary N) is 1. The molecule has 1 N–H and O–H groups in total. The lowest BCUT2D eigenvalue weighted by atomic mass is 10.3. The molecule has 1 rings (SSSR count). The molecule has 0 radical (unpaired) electrons. The van der Waals surface area contributed by atoms with E-state index in [1.165, 1.54) is 0 Å². The lowest BCUT2D eigenvalue weighted by Crippen LogP contribution is -2.02. The van der Waals surface area contributed by atoms with Crippen LogP contribution < -0.4 is 10.1 Å². The van der Waals surface area contributed by atoms with Crippen LogP contribution in [0.3, 0.4) is 0 Å². The Bertz CT molecular complexity index is 250. The Labute approximate surface area is 79.1 Å². The summed E-state index contributed by atoms with van der Waals surface area (Å²) in [6.07, 6.45) is 4.52. The van der Waals surface area contributed by atoms with E-state index in [-0.39, 0.29) is 0 Å². The molecule has 1 heterocycles. The van der Waals surface area contributed by atoms with Crippen molar-refractivity contribution in [3.63, 3.8) is 0 Å². The first-order chi connectivity index (χ1) is 6.38. The van der Waals surface area contributed by atoms with E-state index in [9.17, 15) is 0 Å². The third-order valence-corrected chi connectivity index (χ3v) is 1.61. The average Bonchev–Trinajstić information content (AvgIpc) is 2.17. The normalized spacial score (nSPS) is 9.69. The Kier molecular flexibility index (Phi) is 4.09. The van der Waals surface area contributed by atoms with Gasteiger partial charge in [0.2, 0.25) is 0 Å². The van der Waals surface area contributed by atoms with Crippen molar-refractivity contribution >= 4 is 5.69 Å². The van der Waals surface area contributed by atoms with Gasteiger partial charge in [0.25, 0.3) is 0 Å². The minimum Gasteiger partial charge on any atom is -0.490 e. The van der Waals surface area contributed by atoms with Gasteiger partial charge in [0, 0.05) is 12.7 Å². The molecule has 1 aromatic heterocycles. The average molecular weight is 180 g/mol. The van der Waals surface area contributed by atoms with Crippen molar-refractivity contribution in [2.45, 2.75) is 20.3 Å². The fourth-order valence-electron chi connectivity index (χ4n) is 1.04. The quantitative estimate of drug-likeness (QED) is 0.755. The van der Waals surface area contributed by atoms with E-state index in [2.05, 4.69) is 24.1 Å². The van der Waals surface area contributed by atoms with Gasteiger partial charge in [0.05, 0.1) is 18.5 Å². The summed E-state index contributed by atoms with van der Waals surface area (Å²) in [6.45, 7) is 5.78. The topological polar surface area (TPSA) is 34.1 Å². The molecule has 0 aliphatic rings. The van der Waals surface area contributed by atoms with E-state index >= 15 is 0 Å². The molecule has 3 heteroatoms. The van der Waals surface area contributed by atoms with Crippen LogP contribution in [-0.4, -0.2) is 18.1 Å². The van der Waals surface area contributed by atoms with E-state index < -0.39 is 0 Å². The first kappa shape index (κ1) is 9.84. The smallest absolute Gasteiger partial charge is 0.160 e. The lowest BCUT2D eigenvalue weighted by Gasteiger charge is -2.10. The second-order valence-electron chi connectivity index (χ2n) is 2.75. The van der Waals surface area contributed by atoms with Crippen LogP contribution in [0.15, 0.2) is 18.5 Å². The van der Waals surface area contributed by atoms with E-state index in [4.69, 9.17) is 4.74 Å². The van der Waals surface area contributed by atoms with Crippen molar-refractivity contribution in [3.05, 3.63) is 18.5 Å². The molecule has 3 nitrogen and oxygen atoms in total. The van der Waals surface area contributed by atoms with Crippen LogP contribution in [0.1, 0.15) is 20.3 Å². The summed E-state index contributed by atoms with van der Waals surface area (Å²) < 4.78 is 5.51. The fraction of sp³-hybridized carbons (Fsp3) is 0.500. The van der Waals surface area contributed by atoms with Crippen molar-refractivity contribution in [3.8, 4) is 5.75 Å². The summed E-state index contributed by atoms with van der Waals surface area (Å²) >= 11 is 0. The molecule has 0 unspecified atom stereocenters. The molecule has 72 valence electrons. The lowest BCUT2D eigenvalue weighted by molar-refractivity contribution is 0.317. The van der Waals surface area contributed by atoms with Crippen LogP contribution >= 0.6 is 0 Å². The highest BCUT2D eigenvalue weighted by atomic mass is 16.5. The van der Waals surface area contributed by atoms with E-state index in [0.717, 1.165) is 31.0 Å². The maximum Gasteiger partial charge on any atom is 0.160 e. The van der Waals surface area contributed by atoms with Gasteiger partial charge in [-0.15, -0.1) is 0 Å². The number of hydrogen-bond acceptors (Lipinski definition) is 3. The Hall–Kier alpha value is -1.25. The zero-order valence-electron chi connectivity index (χ0n) is 8.21. The minimum absolute atomic E-state index is 0.740. The number of hydrogen-bond donors (Lipinski definition) is 1. The van der Waals surface area contributed by atoms with Crippen LogP contribution in [0.2, 0.25) is 0 Å². The molecule has 0 fully saturated rings. The molecule has 0 aliphatic carbocycles. The molecule has 0 aliphatic heterocycles. The molecular weight excluding hydrogens is 164 g/mol. The Morgan fingerprint density at radius 1 is 1.46 bits per heavy atom. The van der Waals surface area contributed by atoms with E-state index in [1.807, 2.05) is 6.07 Å². The summed E-state index contributed by atoms with van der Waals surface area (Å²) in [6, 6.07) is 1.93. The van der Waals surface area contributed by atoms with E-state index in [0.29, 0.717) is 0 Å². The SMILES string of the molecule is CCCOc1cnccc1NCC. The van der Waals surface area contributed by atoms with Crippen molar-refractivity contribution in [2.24, 2.45) is 0 Å². The first-order valence-electron chi connectivity index (χ1n) is 4.69. The Morgan fingerprint density at radius 3 is 3.00 bits per heavy atom. The van der Waals surface area contributed by atoms with Crippen LogP contribution in [0.5, 0.6) is 5.75 Å². The number of ether oxygens (including phenoxy) is 1. The third-order valence-electron chi connectivity index (χ3n) is 1.61. The molecule has 0 saturated heterocycles. The number of rotatable bonds is 5. The summed E-state index contributed by atoms with van der Waals surface area (Å²) in [5.41, 5.74) is 1.02. The van der Waals surface area contributed by atoms with E-state index in [1.54, 1.807) is 12.4 Å². The van der Waals surface area contributed by atoms with Crippen molar-refractivity contribution < 1.29 is 4.74 Å². The summed E-state index contributed by atoms with van der Waals surface area (Å²) in [5, 5.41) is 3.22. The fourth-order valence-corrected chi connectivity index (χ4v) is 1.04. The van der Waals surface area contributed by atoms with Gasteiger partial charge in [0.15, 0.2) is 5.75 Å². The zero-order chi connectivity index (χ0) is 9.52. The Morgan fingerprint density at radius 2 is 2.31 bits per heavy atom. The van der Waals surface area contributed by atoms with Gasteiger partial charge < -0.3 is 10.1 Å². The summed E-state index contributed by atoms with van der Waals surface area (Å²) in [4.78, 5) is 4.02. The van der Waals surface area contributed by atoms with Gasteiger partial charge in [-0.1, -0.05) is 6.92 Å². The predicted octanol–water partition coefficient (Wildman–Crippen LogP) is 2.30. The van der Waals surface area contributed by atoms with Crippen molar-refractivity contribution in [2.75, 3.05) is 18.5 Å². The molecule has 0 spiro atoms. The summed E-state index contributed by atoms with van der Waals surface area (Å²) in [5.74, 6) is 0.839. The highest BCUT2D eigenvalue weighted by Gasteiger charge is 2.00. The number of nitrogens with zero attached hydrogens (tertiary/aromatic N) is 1. The molecule has 1 aromatic rings. The largest absolute Gasteiger partial charge is 0.490 e. The highest BCUT2D eigenvalue weighted by molar-refractivity contribution is 5.54. The molecule has 0 amide bonds. The standard InChI is InChI=1S/C10H16N2O/c1-3-7-13-10-8-11-6-5-9(10)12-4-2/h5-6,8H,3-4,7H2,1-2H3,(H,11,12).